The van der Waals surface area contributed by atoms with Crippen molar-refractivity contribution in [2.24, 2.45) is 0 Å². The monoisotopic (exact) mass is 475 g/mol. The van der Waals surface area contributed by atoms with Crippen LogP contribution >= 0.6 is 11.3 Å². The molecule has 0 aliphatic carbocycles. The van der Waals surface area contributed by atoms with Gasteiger partial charge in [0.05, 0.1) is 30.6 Å². The Bertz CT molecular complexity index is 1310. The van der Waals surface area contributed by atoms with E-state index in [2.05, 4.69) is 21.5 Å². The number of nitrogens with zero attached hydrogens (tertiary/aromatic N) is 4. The van der Waals surface area contributed by atoms with Crippen LogP contribution in [0.25, 0.3) is 10.6 Å². The Morgan fingerprint density at radius 2 is 2.03 bits per heavy atom. The lowest BCUT2D eigenvalue weighted by Crippen LogP contribution is -2.23. The van der Waals surface area contributed by atoms with Gasteiger partial charge >= 0.3 is 5.97 Å². The SMILES string of the molecule is CCOC(=O)c1cnn(Cc2nc(-c3cc(C)cc(CNC(=O)c4ccccn4)c3)sc2C)c1. The standard InChI is InChI=1S/C25H25N5O3S/c1-4-33-25(32)20-13-28-30(14-20)15-22-17(3)34-24(29-22)19-10-16(2)9-18(11-19)12-27-23(31)21-7-5-6-8-26-21/h5-11,13-14H,4,12,15H2,1-3H3,(H,27,31). The number of hydrogen-bond donors (Lipinski definition) is 1. The fraction of sp³-hybridized carbons (Fsp3) is 0.240. The van der Waals surface area contributed by atoms with Gasteiger partial charge in [0.1, 0.15) is 10.7 Å². The minimum atomic E-state index is -0.383. The molecular weight excluding hydrogens is 450 g/mol. The van der Waals surface area contributed by atoms with Gasteiger partial charge in [-0.15, -0.1) is 11.3 Å². The molecule has 174 valence electrons. The van der Waals surface area contributed by atoms with Crippen molar-refractivity contribution in [3.8, 4) is 10.6 Å². The number of rotatable bonds is 8. The van der Waals surface area contributed by atoms with Crippen molar-refractivity contribution in [2.75, 3.05) is 6.61 Å². The first-order valence-electron chi connectivity index (χ1n) is 10.9. The zero-order valence-corrected chi connectivity index (χ0v) is 20.1. The summed E-state index contributed by atoms with van der Waals surface area (Å²) >= 11 is 1.61. The third-order valence-corrected chi connectivity index (χ3v) is 6.15. The molecule has 0 spiro atoms. The van der Waals surface area contributed by atoms with Gasteiger partial charge < -0.3 is 10.1 Å². The van der Waals surface area contributed by atoms with Gasteiger partial charge in [0, 0.05) is 29.4 Å². The van der Waals surface area contributed by atoms with Crippen LogP contribution in [0, 0.1) is 13.8 Å². The van der Waals surface area contributed by atoms with Crippen LogP contribution in [0.15, 0.2) is 55.0 Å². The molecule has 0 fully saturated rings. The second-order valence-corrected chi connectivity index (χ2v) is 8.98. The maximum Gasteiger partial charge on any atom is 0.341 e. The highest BCUT2D eigenvalue weighted by atomic mass is 32.1. The number of thiazole rings is 1. The summed E-state index contributed by atoms with van der Waals surface area (Å²) in [6.45, 7) is 6.99. The molecule has 1 aromatic carbocycles. The van der Waals surface area contributed by atoms with Crippen LogP contribution in [0.5, 0.6) is 0 Å². The van der Waals surface area contributed by atoms with Crippen LogP contribution < -0.4 is 5.32 Å². The van der Waals surface area contributed by atoms with Crippen molar-refractivity contribution in [3.63, 3.8) is 0 Å². The molecule has 3 aromatic heterocycles. The number of benzene rings is 1. The van der Waals surface area contributed by atoms with Crippen LogP contribution in [-0.2, 0) is 17.8 Å². The van der Waals surface area contributed by atoms with Crippen molar-refractivity contribution in [3.05, 3.63) is 87.9 Å². The largest absolute Gasteiger partial charge is 0.462 e. The van der Waals surface area contributed by atoms with Crippen LogP contribution in [0.4, 0.5) is 0 Å². The first-order valence-corrected chi connectivity index (χ1v) is 11.7. The van der Waals surface area contributed by atoms with Crippen molar-refractivity contribution in [1.82, 2.24) is 25.1 Å². The third kappa shape index (κ3) is 5.55. The van der Waals surface area contributed by atoms with E-state index in [0.29, 0.717) is 31.0 Å². The van der Waals surface area contributed by atoms with E-state index in [-0.39, 0.29) is 11.9 Å². The maximum atomic E-state index is 12.3. The minimum absolute atomic E-state index is 0.211. The van der Waals surface area contributed by atoms with E-state index in [1.54, 1.807) is 53.5 Å². The van der Waals surface area contributed by atoms with Gasteiger partial charge in [0.2, 0.25) is 0 Å². The number of hydrogen-bond acceptors (Lipinski definition) is 7. The average Bonchev–Trinajstić information content (AvgIpc) is 3.45. The number of carbonyl (C=O) groups excluding carboxylic acids is 2. The van der Waals surface area contributed by atoms with Crippen molar-refractivity contribution in [2.45, 2.75) is 33.9 Å². The molecule has 0 unspecified atom stereocenters. The Labute approximate surface area is 201 Å². The highest BCUT2D eigenvalue weighted by Gasteiger charge is 2.14. The zero-order chi connectivity index (χ0) is 24.1. The Morgan fingerprint density at radius 1 is 1.18 bits per heavy atom. The third-order valence-electron chi connectivity index (χ3n) is 5.08. The zero-order valence-electron chi connectivity index (χ0n) is 19.2. The highest BCUT2D eigenvalue weighted by molar-refractivity contribution is 7.15. The molecule has 8 nitrogen and oxygen atoms in total. The summed E-state index contributed by atoms with van der Waals surface area (Å²) in [4.78, 5) is 34.2. The molecule has 0 bridgehead atoms. The molecule has 0 atom stereocenters. The van der Waals surface area contributed by atoms with E-state index < -0.39 is 0 Å². The number of pyridine rings is 1. The molecular formula is C25H25N5O3S. The van der Waals surface area contributed by atoms with Gasteiger partial charge in [-0.25, -0.2) is 9.78 Å². The molecule has 0 aliphatic rings. The van der Waals surface area contributed by atoms with Gasteiger partial charge in [0.25, 0.3) is 5.91 Å². The molecule has 3 heterocycles. The average molecular weight is 476 g/mol. The van der Waals surface area contributed by atoms with E-state index in [1.807, 2.05) is 26.0 Å². The van der Waals surface area contributed by atoms with E-state index in [0.717, 1.165) is 32.3 Å². The summed E-state index contributed by atoms with van der Waals surface area (Å²) in [6.07, 6.45) is 4.78. The molecule has 34 heavy (non-hydrogen) atoms. The summed E-state index contributed by atoms with van der Waals surface area (Å²) in [5.41, 5.74) is 4.77. The lowest BCUT2D eigenvalue weighted by Gasteiger charge is -2.08. The lowest BCUT2D eigenvalue weighted by atomic mass is 10.1. The first kappa shape index (κ1) is 23.3. The normalized spacial score (nSPS) is 10.8. The van der Waals surface area contributed by atoms with Crippen molar-refractivity contribution < 1.29 is 14.3 Å². The minimum Gasteiger partial charge on any atom is -0.462 e. The molecule has 9 heteroatoms. The second kappa shape index (κ2) is 10.4. The quantitative estimate of drug-likeness (QED) is 0.384. The van der Waals surface area contributed by atoms with Crippen molar-refractivity contribution in [1.29, 1.82) is 0 Å². The van der Waals surface area contributed by atoms with E-state index in [9.17, 15) is 9.59 Å². The molecule has 0 saturated carbocycles. The molecule has 1 amide bonds. The molecule has 0 aliphatic heterocycles. The van der Waals surface area contributed by atoms with Crippen LogP contribution in [0.2, 0.25) is 0 Å². The number of nitrogens with one attached hydrogen (secondary N) is 1. The summed E-state index contributed by atoms with van der Waals surface area (Å²) in [5.74, 6) is -0.593. The van der Waals surface area contributed by atoms with Crippen LogP contribution in [0.3, 0.4) is 0 Å². The number of amides is 1. The molecule has 0 radical (unpaired) electrons. The first-order chi connectivity index (χ1) is 16.4. The molecule has 4 aromatic rings. The van der Waals surface area contributed by atoms with Crippen molar-refractivity contribution >= 4 is 23.2 Å². The van der Waals surface area contributed by atoms with Crippen LogP contribution in [-0.4, -0.2) is 38.2 Å². The van der Waals surface area contributed by atoms with Crippen LogP contribution in [0.1, 0.15) is 49.5 Å². The predicted octanol–water partition coefficient (Wildman–Crippen LogP) is 4.17. The summed E-state index contributed by atoms with van der Waals surface area (Å²) in [5, 5.41) is 8.08. The summed E-state index contributed by atoms with van der Waals surface area (Å²) in [6, 6.07) is 11.4. The molecule has 4 rings (SSSR count). The summed E-state index contributed by atoms with van der Waals surface area (Å²) < 4.78 is 6.71. The highest BCUT2D eigenvalue weighted by Crippen LogP contribution is 2.29. The molecule has 0 saturated heterocycles. The number of carbonyl (C=O) groups is 2. The number of ether oxygens (including phenoxy) is 1. The Hall–Kier alpha value is -3.85. The fourth-order valence-electron chi connectivity index (χ4n) is 3.48. The number of aryl methyl sites for hydroxylation is 2. The number of esters is 1. The molecule has 1 N–H and O–H groups in total. The Kier molecular flexibility index (Phi) is 7.12. The van der Waals surface area contributed by atoms with E-state index in [1.165, 1.54) is 6.20 Å². The Morgan fingerprint density at radius 3 is 2.79 bits per heavy atom. The smallest absolute Gasteiger partial charge is 0.341 e. The summed E-state index contributed by atoms with van der Waals surface area (Å²) in [7, 11) is 0. The fourth-order valence-corrected chi connectivity index (χ4v) is 4.39. The van der Waals surface area contributed by atoms with E-state index >= 15 is 0 Å². The van der Waals surface area contributed by atoms with Gasteiger partial charge in [-0.2, -0.15) is 5.10 Å². The predicted molar refractivity (Wildman–Crippen MR) is 130 cm³/mol. The van der Waals surface area contributed by atoms with Gasteiger partial charge in [-0.1, -0.05) is 17.7 Å². The maximum absolute atomic E-state index is 12.3. The Balaban J connectivity index is 1.48. The lowest BCUT2D eigenvalue weighted by molar-refractivity contribution is 0.0526. The van der Waals surface area contributed by atoms with E-state index in [4.69, 9.17) is 9.72 Å². The van der Waals surface area contributed by atoms with Gasteiger partial charge in [-0.05, 0) is 50.6 Å². The number of aromatic nitrogens is 4. The topological polar surface area (TPSA) is 99.0 Å². The van der Waals surface area contributed by atoms with Gasteiger partial charge in [-0.3, -0.25) is 14.5 Å². The second-order valence-electron chi connectivity index (χ2n) is 7.77. The van der Waals surface area contributed by atoms with Gasteiger partial charge in [0.15, 0.2) is 0 Å².